The highest BCUT2D eigenvalue weighted by Crippen LogP contribution is 2.37. The van der Waals surface area contributed by atoms with Crippen LogP contribution in [-0.2, 0) is 16.1 Å². The van der Waals surface area contributed by atoms with Gasteiger partial charge in [-0.3, -0.25) is 4.90 Å². The molecule has 0 aliphatic carbocycles. The number of carbonyl (C=O) groups excluding carboxylic acids is 1. The molecule has 2 aliphatic rings. The quantitative estimate of drug-likeness (QED) is 0.830. The maximum absolute atomic E-state index is 12.6. The second kappa shape index (κ2) is 7.85. The van der Waals surface area contributed by atoms with E-state index in [1.807, 2.05) is 30.3 Å². The maximum Gasteiger partial charge on any atom is 0.410 e. The number of nitrogens with zero attached hydrogens (tertiary/aromatic N) is 2. The summed E-state index contributed by atoms with van der Waals surface area (Å²) in [5, 5.41) is 19.6. The van der Waals surface area contributed by atoms with Gasteiger partial charge < -0.3 is 14.6 Å². The minimum absolute atomic E-state index is 0.178. The fourth-order valence-corrected chi connectivity index (χ4v) is 3.87. The van der Waals surface area contributed by atoms with Crippen molar-refractivity contribution in [3.05, 3.63) is 35.9 Å². The molecule has 134 valence electrons. The van der Waals surface area contributed by atoms with Crippen LogP contribution in [0.4, 0.5) is 4.79 Å². The molecule has 25 heavy (non-hydrogen) atoms. The maximum atomic E-state index is 12.6. The van der Waals surface area contributed by atoms with Gasteiger partial charge in [0.25, 0.3) is 0 Å². The summed E-state index contributed by atoms with van der Waals surface area (Å²) in [4.78, 5) is 14.3. The predicted octanol–water partition coefficient (Wildman–Crippen LogP) is 2.61. The Kier molecular flexibility index (Phi) is 5.57. The lowest BCUT2D eigenvalue weighted by atomic mass is 9.78. The third-order valence-electron chi connectivity index (χ3n) is 4.99. The van der Waals surface area contributed by atoms with Crippen LogP contribution in [0.5, 0.6) is 0 Å². The first-order valence-electron chi connectivity index (χ1n) is 8.77. The SMILES string of the molecule is N#CCCCC1(O)CC2COCC(C1)N2C(=O)OCc1ccccc1. The second-order valence-electron chi connectivity index (χ2n) is 6.94. The summed E-state index contributed by atoms with van der Waals surface area (Å²) in [5.41, 5.74) is 0.119. The molecule has 1 amide bonds. The lowest BCUT2D eigenvalue weighted by Crippen LogP contribution is -2.63. The predicted molar refractivity (Wildman–Crippen MR) is 90.5 cm³/mol. The molecular formula is C19H24N2O4. The highest BCUT2D eigenvalue weighted by Gasteiger charge is 2.48. The molecule has 6 heteroatoms. The molecule has 3 rings (SSSR count). The molecule has 2 bridgehead atoms. The van der Waals surface area contributed by atoms with E-state index in [0.29, 0.717) is 45.3 Å². The molecule has 2 saturated heterocycles. The summed E-state index contributed by atoms with van der Waals surface area (Å²) in [6.45, 7) is 1.07. The summed E-state index contributed by atoms with van der Waals surface area (Å²) in [7, 11) is 0. The van der Waals surface area contributed by atoms with Gasteiger partial charge in [-0.05, 0) is 31.2 Å². The smallest absolute Gasteiger partial charge is 0.410 e. The number of hydrogen-bond donors (Lipinski definition) is 1. The number of rotatable bonds is 5. The highest BCUT2D eigenvalue weighted by atomic mass is 16.6. The molecule has 2 aliphatic heterocycles. The van der Waals surface area contributed by atoms with E-state index >= 15 is 0 Å². The van der Waals surface area contributed by atoms with Crippen molar-refractivity contribution >= 4 is 6.09 Å². The van der Waals surface area contributed by atoms with E-state index in [4.69, 9.17) is 14.7 Å². The van der Waals surface area contributed by atoms with E-state index in [0.717, 1.165) is 5.56 Å². The van der Waals surface area contributed by atoms with Crippen molar-refractivity contribution < 1.29 is 19.4 Å². The van der Waals surface area contributed by atoms with Crippen LogP contribution >= 0.6 is 0 Å². The summed E-state index contributed by atoms with van der Waals surface area (Å²) in [5.74, 6) is 0. The van der Waals surface area contributed by atoms with Crippen molar-refractivity contribution in [3.8, 4) is 6.07 Å². The first-order valence-corrected chi connectivity index (χ1v) is 8.77. The lowest BCUT2D eigenvalue weighted by molar-refractivity contribution is -0.136. The standard InChI is InChI=1S/C19H24N2O4/c20-9-5-4-8-19(23)10-16-13-24-14-17(11-19)21(16)18(22)25-12-15-6-2-1-3-7-15/h1-3,6-7,16-17,23H,4-5,8,10-14H2. The van der Waals surface area contributed by atoms with Gasteiger partial charge in [-0.25, -0.2) is 4.79 Å². The highest BCUT2D eigenvalue weighted by molar-refractivity contribution is 5.69. The molecule has 0 saturated carbocycles. The Morgan fingerprint density at radius 2 is 2.00 bits per heavy atom. The molecule has 1 aromatic rings. The van der Waals surface area contributed by atoms with Gasteiger partial charge in [-0.1, -0.05) is 30.3 Å². The minimum Gasteiger partial charge on any atom is -0.445 e. The van der Waals surface area contributed by atoms with Crippen LogP contribution in [0, 0.1) is 11.3 Å². The van der Waals surface area contributed by atoms with E-state index < -0.39 is 5.60 Å². The number of nitriles is 1. The van der Waals surface area contributed by atoms with Crippen molar-refractivity contribution in [3.63, 3.8) is 0 Å². The number of ether oxygens (including phenoxy) is 2. The average Bonchev–Trinajstić information content (AvgIpc) is 2.60. The Morgan fingerprint density at radius 1 is 1.32 bits per heavy atom. The molecule has 0 radical (unpaired) electrons. The van der Waals surface area contributed by atoms with Crippen LogP contribution in [0.3, 0.4) is 0 Å². The van der Waals surface area contributed by atoms with E-state index in [-0.39, 0.29) is 24.8 Å². The van der Waals surface area contributed by atoms with Crippen molar-refractivity contribution in [2.45, 2.75) is 56.4 Å². The molecule has 2 heterocycles. The van der Waals surface area contributed by atoms with Crippen LogP contribution < -0.4 is 0 Å². The number of carbonyl (C=O) groups is 1. The molecule has 1 aromatic carbocycles. The van der Waals surface area contributed by atoms with E-state index in [9.17, 15) is 9.90 Å². The minimum atomic E-state index is -0.827. The Morgan fingerprint density at radius 3 is 2.64 bits per heavy atom. The van der Waals surface area contributed by atoms with Gasteiger partial charge in [0.05, 0.1) is 37.0 Å². The van der Waals surface area contributed by atoms with Gasteiger partial charge in [0.1, 0.15) is 6.61 Å². The zero-order valence-corrected chi connectivity index (χ0v) is 14.3. The molecule has 0 aromatic heterocycles. The zero-order valence-electron chi connectivity index (χ0n) is 14.3. The number of benzene rings is 1. The molecule has 0 spiro atoms. The van der Waals surface area contributed by atoms with Crippen LogP contribution in [0.2, 0.25) is 0 Å². The number of aliphatic hydroxyl groups is 1. The molecule has 2 fully saturated rings. The van der Waals surface area contributed by atoms with Gasteiger partial charge in [0, 0.05) is 6.42 Å². The second-order valence-corrected chi connectivity index (χ2v) is 6.94. The van der Waals surface area contributed by atoms with Crippen molar-refractivity contribution in [1.29, 1.82) is 5.26 Å². The monoisotopic (exact) mass is 344 g/mol. The Bertz CT molecular complexity index is 614. The Balaban J connectivity index is 1.61. The van der Waals surface area contributed by atoms with Crippen LogP contribution in [-0.4, -0.2) is 47.0 Å². The van der Waals surface area contributed by atoms with Crippen LogP contribution in [0.1, 0.15) is 37.7 Å². The number of fused-ring (bicyclic) bond motifs is 2. The van der Waals surface area contributed by atoms with Crippen molar-refractivity contribution in [2.75, 3.05) is 13.2 Å². The zero-order chi connectivity index (χ0) is 17.7. The summed E-state index contributed by atoms with van der Waals surface area (Å²) < 4.78 is 11.1. The van der Waals surface area contributed by atoms with Crippen LogP contribution in [0.25, 0.3) is 0 Å². The number of morpholine rings is 1. The fraction of sp³-hybridized carbons (Fsp3) is 0.579. The molecule has 1 N–H and O–H groups in total. The number of unbranched alkanes of at least 4 members (excludes halogenated alkanes) is 1. The molecular weight excluding hydrogens is 320 g/mol. The van der Waals surface area contributed by atoms with Crippen molar-refractivity contribution in [2.24, 2.45) is 0 Å². The summed E-state index contributed by atoms with van der Waals surface area (Å²) >= 11 is 0. The van der Waals surface area contributed by atoms with Gasteiger partial charge in [0.2, 0.25) is 0 Å². The number of hydrogen-bond acceptors (Lipinski definition) is 5. The third kappa shape index (κ3) is 4.30. The van der Waals surface area contributed by atoms with E-state index in [1.54, 1.807) is 4.90 Å². The fourth-order valence-electron chi connectivity index (χ4n) is 3.87. The lowest BCUT2D eigenvalue weighted by Gasteiger charge is -2.50. The Labute approximate surface area is 147 Å². The molecule has 6 nitrogen and oxygen atoms in total. The Hall–Kier alpha value is -2.10. The normalized spacial score (nSPS) is 28.2. The first kappa shape index (κ1) is 17.7. The van der Waals surface area contributed by atoms with E-state index in [1.165, 1.54) is 0 Å². The molecule has 2 unspecified atom stereocenters. The van der Waals surface area contributed by atoms with Gasteiger partial charge in [0.15, 0.2) is 0 Å². The third-order valence-corrected chi connectivity index (χ3v) is 4.99. The summed E-state index contributed by atoms with van der Waals surface area (Å²) in [6.07, 6.45) is 2.29. The number of amides is 1. The average molecular weight is 344 g/mol. The topological polar surface area (TPSA) is 82.8 Å². The number of piperidine rings is 1. The summed E-state index contributed by atoms with van der Waals surface area (Å²) in [6, 6.07) is 11.3. The van der Waals surface area contributed by atoms with E-state index in [2.05, 4.69) is 6.07 Å². The van der Waals surface area contributed by atoms with Gasteiger partial charge in [-0.15, -0.1) is 0 Å². The molecule has 2 atom stereocenters. The van der Waals surface area contributed by atoms with Gasteiger partial charge in [-0.2, -0.15) is 5.26 Å². The van der Waals surface area contributed by atoms with Gasteiger partial charge >= 0.3 is 6.09 Å². The van der Waals surface area contributed by atoms with Crippen molar-refractivity contribution in [1.82, 2.24) is 4.90 Å². The first-order chi connectivity index (χ1) is 12.1. The largest absolute Gasteiger partial charge is 0.445 e. The van der Waals surface area contributed by atoms with Crippen LogP contribution in [0.15, 0.2) is 30.3 Å².